The van der Waals surface area contributed by atoms with Crippen LogP contribution < -0.4 is 16.2 Å². The number of anilines is 2. The van der Waals surface area contributed by atoms with Crippen LogP contribution in [0.15, 0.2) is 61.2 Å². The Balaban J connectivity index is 1.44. The smallest absolute Gasteiger partial charge is 0.330 e. The zero-order valence-corrected chi connectivity index (χ0v) is 23.7. The Bertz CT molecular complexity index is 1100. The van der Waals surface area contributed by atoms with Crippen molar-refractivity contribution in [3.05, 3.63) is 72.3 Å². The maximum atomic E-state index is 12.6. The van der Waals surface area contributed by atoms with Gasteiger partial charge in [-0.3, -0.25) is 4.79 Å². The summed E-state index contributed by atoms with van der Waals surface area (Å²) < 4.78 is 17.1. The number of unbranched alkanes of at least 4 members (excludes halogenated alkanes) is 2. The molecule has 0 aliphatic heterocycles. The van der Waals surface area contributed by atoms with Gasteiger partial charge in [-0.05, 0) is 92.5 Å². The maximum absolute atomic E-state index is 12.6. The van der Waals surface area contributed by atoms with Gasteiger partial charge in [0.1, 0.15) is 5.75 Å². The van der Waals surface area contributed by atoms with Gasteiger partial charge in [0, 0.05) is 30.0 Å². The fraction of sp³-hybridized carbons (Fsp3) is 0.455. The van der Waals surface area contributed by atoms with Crippen LogP contribution in [-0.2, 0) is 19.1 Å². The Morgan fingerprint density at radius 2 is 1.73 bits per heavy atom. The van der Waals surface area contributed by atoms with Crippen LogP contribution in [0, 0.1) is 5.92 Å². The lowest BCUT2D eigenvalue weighted by Gasteiger charge is -2.27. The van der Waals surface area contributed by atoms with Crippen molar-refractivity contribution in [3.63, 3.8) is 0 Å². The van der Waals surface area contributed by atoms with E-state index >= 15 is 0 Å². The average Bonchev–Trinajstić information content (AvgIpc) is 2.95. The second-order valence-electron chi connectivity index (χ2n) is 10.5. The van der Waals surface area contributed by atoms with Crippen molar-refractivity contribution in [2.75, 3.05) is 24.7 Å². The molecule has 1 saturated carbocycles. The van der Waals surface area contributed by atoms with Crippen LogP contribution in [0.3, 0.4) is 0 Å². The van der Waals surface area contributed by atoms with Crippen LogP contribution in [0.2, 0.25) is 0 Å². The number of ether oxygens (including phenoxy) is 3. The predicted molar refractivity (Wildman–Crippen MR) is 161 cm³/mol. The molecule has 1 aliphatic carbocycles. The summed E-state index contributed by atoms with van der Waals surface area (Å²) in [5.41, 5.74) is 14.9. The Kier molecular flexibility index (Phi) is 12.8. The second kappa shape index (κ2) is 16.5. The van der Waals surface area contributed by atoms with Crippen LogP contribution in [0.5, 0.6) is 5.75 Å². The molecule has 0 saturated heterocycles. The summed E-state index contributed by atoms with van der Waals surface area (Å²) >= 11 is 0. The topological polar surface area (TPSA) is 114 Å². The number of carbonyl (C=O) groups excluding carboxylic acids is 2. The molecule has 0 bridgehead atoms. The summed E-state index contributed by atoms with van der Waals surface area (Å²) in [6.07, 6.45) is 13.4. The van der Waals surface area contributed by atoms with Crippen LogP contribution in [0.1, 0.15) is 81.8 Å². The molecular weight excluding hydrogens is 504 g/mol. The third-order valence-electron chi connectivity index (χ3n) is 7.23. The lowest BCUT2D eigenvalue weighted by atomic mass is 9.87. The monoisotopic (exact) mass is 548 g/mol. The molecule has 40 heavy (non-hydrogen) atoms. The molecule has 2 aromatic carbocycles. The number of hydrogen-bond donors (Lipinski definition) is 2. The number of rotatable bonds is 15. The van der Waals surface area contributed by atoms with Crippen molar-refractivity contribution in [3.8, 4) is 5.75 Å². The molecule has 0 spiro atoms. The van der Waals surface area contributed by atoms with Gasteiger partial charge in [-0.25, -0.2) is 4.79 Å². The molecule has 7 heteroatoms. The van der Waals surface area contributed by atoms with Crippen molar-refractivity contribution in [2.24, 2.45) is 5.92 Å². The Hall–Kier alpha value is -3.58. The van der Waals surface area contributed by atoms with Crippen LogP contribution >= 0.6 is 0 Å². The molecule has 0 aromatic heterocycles. The molecule has 216 valence electrons. The molecule has 0 heterocycles. The standard InChI is InChI=1S/C33H44N2O5/c1-3-5-7-19-38-30-16-12-25(13-17-30)33(37)40-31-14-9-24(10-15-31)11-18-32(36)39-23-26(8-6-4-2)27-20-28(34)22-29(35)21-27/h3,9-11,14-15,18,20-22,25-26,30H,1,4-8,12-13,16-17,19,23,34-35H2,2H3/b18-11+. The minimum atomic E-state index is -0.422. The van der Waals surface area contributed by atoms with E-state index in [1.807, 2.05) is 18.2 Å². The molecule has 0 radical (unpaired) electrons. The Morgan fingerprint density at radius 3 is 2.38 bits per heavy atom. The number of carbonyl (C=O) groups is 2. The first-order chi connectivity index (χ1) is 19.4. The number of esters is 2. The molecule has 1 unspecified atom stereocenters. The molecule has 2 aromatic rings. The first kappa shape index (κ1) is 31.0. The van der Waals surface area contributed by atoms with Gasteiger partial charge < -0.3 is 25.7 Å². The summed E-state index contributed by atoms with van der Waals surface area (Å²) in [5, 5.41) is 0. The third kappa shape index (κ3) is 10.5. The van der Waals surface area contributed by atoms with E-state index in [1.54, 1.807) is 36.4 Å². The average molecular weight is 549 g/mol. The first-order valence-electron chi connectivity index (χ1n) is 14.4. The van der Waals surface area contributed by atoms with Gasteiger partial charge in [-0.1, -0.05) is 38.0 Å². The van der Waals surface area contributed by atoms with E-state index in [4.69, 9.17) is 25.7 Å². The second-order valence-corrected chi connectivity index (χ2v) is 10.5. The van der Waals surface area contributed by atoms with Gasteiger partial charge in [-0.15, -0.1) is 6.58 Å². The summed E-state index contributed by atoms with van der Waals surface area (Å²) in [6, 6.07) is 12.6. The highest BCUT2D eigenvalue weighted by molar-refractivity contribution is 5.87. The lowest BCUT2D eigenvalue weighted by Crippen LogP contribution is -2.29. The fourth-order valence-electron chi connectivity index (χ4n) is 4.92. The van der Waals surface area contributed by atoms with Crippen LogP contribution in [-0.4, -0.2) is 31.3 Å². The zero-order chi connectivity index (χ0) is 28.7. The van der Waals surface area contributed by atoms with Crippen molar-refractivity contribution >= 4 is 29.4 Å². The quantitative estimate of drug-likeness (QED) is 0.0626. The molecule has 1 fully saturated rings. The number of benzene rings is 2. The molecule has 0 amide bonds. The fourth-order valence-corrected chi connectivity index (χ4v) is 4.92. The van der Waals surface area contributed by atoms with Crippen molar-refractivity contribution in [1.82, 2.24) is 0 Å². The zero-order valence-electron chi connectivity index (χ0n) is 23.7. The minimum absolute atomic E-state index is 0.0296. The van der Waals surface area contributed by atoms with E-state index in [9.17, 15) is 9.59 Å². The highest BCUT2D eigenvalue weighted by Gasteiger charge is 2.28. The van der Waals surface area contributed by atoms with Gasteiger partial charge in [0.15, 0.2) is 0 Å². The predicted octanol–water partition coefficient (Wildman–Crippen LogP) is 6.83. The lowest BCUT2D eigenvalue weighted by molar-refractivity contribution is -0.141. The van der Waals surface area contributed by atoms with Gasteiger partial charge in [0.25, 0.3) is 0 Å². The van der Waals surface area contributed by atoms with Gasteiger partial charge in [-0.2, -0.15) is 0 Å². The van der Waals surface area contributed by atoms with Gasteiger partial charge >= 0.3 is 11.9 Å². The first-order valence-corrected chi connectivity index (χ1v) is 14.4. The summed E-state index contributed by atoms with van der Waals surface area (Å²) in [6.45, 7) is 6.85. The highest BCUT2D eigenvalue weighted by atomic mass is 16.5. The van der Waals surface area contributed by atoms with E-state index < -0.39 is 5.97 Å². The molecule has 1 aliphatic rings. The molecular formula is C33H44N2O5. The molecule has 1 atom stereocenters. The SMILES string of the molecule is C=CCCCOC1CCC(C(=O)Oc2ccc(/C=C/C(=O)OCC(CCCC)c3cc(N)cc(N)c3)cc2)CC1. The highest BCUT2D eigenvalue weighted by Crippen LogP contribution is 2.29. The van der Waals surface area contributed by atoms with Crippen molar-refractivity contribution in [2.45, 2.75) is 76.7 Å². The largest absolute Gasteiger partial charge is 0.462 e. The minimum Gasteiger partial charge on any atom is -0.462 e. The van der Waals surface area contributed by atoms with Crippen molar-refractivity contribution in [1.29, 1.82) is 0 Å². The van der Waals surface area contributed by atoms with Gasteiger partial charge in [0.05, 0.1) is 18.6 Å². The van der Waals surface area contributed by atoms with E-state index in [0.29, 0.717) is 17.1 Å². The van der Waals surface area contributed by atoms with E-state index in [2.05, 4.69) is 13.5 Å². The van der Waals surface area contributed by atoms with Crippen LogP contribution in [0.4, 0.5) is 11.4 Å². The number of nitrogens with two attached hydrogens (primary N) is 2. The molecule has 7 nitrogen and oxygen atoms in total. The number of nitrogen functional groups attached to an aromatic ring is 2. The normalized spacial score (nSPS) is 17.8. The summed E-state index contributed by atoms with van der Waals surface area (Å²) in [5.74, 6) is -0.201. The molecule has 3 rings (SSSR count). The Labute approximate surface area is 238 Å². The third-order valence-corrected chi connectivity index (χ3v) is 7.23. The summed E-state index contributed by atoms with van der Waals surface area (Å²) in [4.78, 5) is 25.1. The van der Waals surface area contributed by atoms with E-state index in [1.165, 1.54) is 6.08 Å². The Morgan fingerprint density at radius 1 is 1.02 bits per heavy atom. The van der Waals surface area contributed by atoms with E-state index in [-0.39, 0.29) is 30.5 Å². The van der Waals surface area contributed by atoms with E-state index in [0.717, 1.165) is 75.5 Å². The number of hydrogen-bond acceptors (Lipinski definition) is 7. The van der Waals surface area contributed by atoms with Crippen molar-refractivity contribution < 1.29 is 23.8 Å². The number of allylic oxidation sites excluding steroid dienone is 1. The van der Waals surface area contributed by atoms with Gasteiger partial charge in [0.2, 0.25) is 0 Å². The summed E-state index contributed by atoms with van der Waals surface area (Å²) in [7, 11) is 0. The maximum Gasteiger partial charge on any atom is 0.330 e. The van der Waals surface area contributed by atoms with Crippen LogP contribution in [0.25, 0.3) is 6.08 Å². The molecule has 4 N–H and O–H groups in total.